The highest BCUT2D eigenvalue weighted by Crippen LogP contribution is 2.41. The predicted octanol–water partition coefficient (Wildman–Crippen LogP) is 2.93. The summed E-state index contributed by atoms with van der Waals surface area (Å²) in [4.78, 5) is 15.0. The van der Waals surface area contributed by atoms with Crippen molar-refractivity contribution in [2.45, 2.75) is 44.1 Å². The number of hydrogen-bond acceptors (Lipinski definition) is 4. The average molecular weight is 341 g/mol. The van der Waals surface area contributed by atoms with Crippen molar-refractivity contribution in [3.05, 3.63) is 29.5 Å². The molecule has 5 heteroatoms. The zero-order valence-electron chi connectivity index (χ0n) is 13.8. The van der Waals surface area contributed by atoms with Crippen LogP contribution in [0.1, 0.15) is 42.9 Å². The fourth-order valence-electron chi connectivity index (χ4n) is 4.34. The topological polar surface area (TPSA) is 45.2 Å². The van der Waals surface area contributed by atoms with Crippen LogP contribution in [-0.2, 0) is 11.2 Å². The Morgan fingerprint density at radius 2 is 2.08 bits per heavy atom. The van der Waals surface area contributed by atoms with E-state index in [2.05, 4.69) is 32.8 Å². The zero-order chi connectivity index (χ0) is 16.1. The summed E-state index contributed by atoms with van der Waals surface area (Å²) in [6, 6.07) is 7.01. The van der Waals surface area contributed by atoms with Gasteiger partial charge in [0.25, 0.3) is 0 Å². The van der Waals surface area contributed by atoms with Gasteiger partial charge in [0, 0.05) is 18.0 Å². The maximum atomic E-state index is 12.5. The molecular weight excluding hydrogens is 318 g/mol. The molecule has 0 radical (unpaired) electrons. The van der Waals surface area contributed by atoms with Gasteiger partial charge >= 0.3 is 0 Å². The Morgan fingerprint density at radius 3 is 2.79 bits per heavy atom. The predicted molar refractivity (Wildman–Crippen MR) is 96.4 cm³/mol. The first-order valence-corrected chi connectivity index (χ1v) is 9.93. The first-order valence-electron chi connectivity index (χ1n) is 9.16. The molecule has 3 saturated heterocycles. The first kappa shape index (κ1) is 14.8. The second-order valence-electron chi connectivity index (χ2n) is 7.65. The van der Waals surface area contributed by atoms with Gasteiger partial charge < -0.3 is 10.2 Å². The van der Waals surface area contributed by atoms with Crippen molar-refractivity contribution in [1.29, 1.82) is 0 Å². The number of carbonyl (C=O) groups excluding carboxylic acids is 1. The Hall–Kier alpha value is -1.46. The van der Waals surface area contributed by atoms with Crippen LogP contribution in [0.4, 0.5) is 0 Å². The van der Waals surface area contributed by atoms with Crippen molar-refractivity contribution < 1.29 is 4.79 Å². The van der Waals surface area contributed by atoms with E-state index in [1.807, 2.05) is 0 Å². The highest BCUT2D eigenvalue weighted by Gasteiger charge is 2.34. The molecule has 6 rings (SSSR count). The number of rotatable bonds is 4. The van der Waals surface area contributed by atoms with Gasteiger partial charge in [0.2, 0.25) is 5.91 Å². The van der Waals surface area contributed by atoms with Gasteiger partial charge in [-0.25, -0.2) is 0 Å². The third kappa shape index (κ3) is 2.74. The molecular formula is C19H23N3OS. The average Bonchev–Trinajstić information content (AvgIpc) is 3.39. The molecule has 1 amide bonds. The number of amides is 1. The highest BCUT2D eigenvalue weighted by atomic mass is 32.1. The van der Waals surface area contributed by atoms with Gasteiger partial charge in [0.15, 0.2) is 0 Å². The smallest absolute Gasteiger partial charge is 0.226 e. The molecule has 0 spiro atoms. The number of piperidine rings is 3. The largest absolute Gasteiger partial charge is 0.351 e. The molecule has 1 atom stereocenters. The Balaban J connectivity index is 1.28. The molecule has 1 saturated carbocycles. The highest BCUT2D eigenvalue weighted by molar-refractivity contribution is 7.13. The number of hydrogen-bond donors (Lipinski definition) is 1. The Labute approximate surface area is 146 Å². The zero-order valence-corrected chi connectivity index (χ0v) is 14.6. The molecule has 1 aliphatic carbocycles. The summed E-state index contributed by atoms with van der Waals surface area (Å²) in [7, 11) is 0. The number of benzene rings is 1. The number of carbonyl (C=O) groups is 1. The summed E-state index contributed by atoms with van der Waals surface area (Å²) in [5.74, 6) is 1.57. The summed E-state index contributed by atoms with van der Waals surface area (Å²) in [6.07, 6.45) is 5.51. The summed E-state index contributed by atoms with van der Waals surface area (Å²) in [6.45, 7) is 3.44. The molecule has 4 aliphatic rings. The molecule has 4 heterocycles. The third-order valence-corrected chi connectivity index (χ3v) is 6.80. The van der Waals surface area contributed by atoms with Crippen molar-refractivity contribution >= 4 is 27.5 Å². The van der Waals surface area contributed by atoms with E-state index in [9.17, 15) is 4.79 Å². The molecule has 0 unspecified atom stereocenters. The van der Waals surface area contributed by atoms with Crippen LogP contribution in [0, 0.1) is 5.92 Å². The second-order valence-corrected chi connectivity index (χ2v) is 8.45. The van der Waals surface area contributed by atoms with Gasteiger partial charge in [-0.15, -0.1) is 0 Å². The van der Waals surface area contributed by atoms with Crippen molar-refractivity contribution in [1.82, 2.24) is 14.6 Å². The first-order chi connectivity index (χ1) is 11.8. The molecule has 126 valence electrons. The van der Waals surface area contributed by atoms with Gasteiger partial charge in [-0.3, -0.25) is 4.79 Å². The standard InChI is InChI=1S/C19H23N3OS/c23-19(20-17-11-22-7-5-13(17)6-8-22)10-16-15-4-3-14(12-1-2-12)9-18(15)24-21-16/h3-4,9,12-13,17H,1-2,5-8,10-11H2,(H,20,23)/t17-/m0/s1. The van der Waals surface area contributed by atoms with Gasteiger partial charge in [-0.2, -0.15) is 4.37 Å². The number of aromatic nitrogens is 1. The van der Waals surface area contributed by atoms with Crippen LogP contribution >= 0.6 is 11.5 Å². The van der Waals surface area contributed by atoms with E-state index < -0.39 is 0 Å². The van der Waals surface area contributed by atoms with Crippen molar-refractivity contribution in [2.24, 2.45) is 5.92 Å². The van der Waals surface area contributed by atoms with E-state index in [0.717, 1.165) is 23.5 Å². The number of fused-ring (bicyclic) bond motifs is 4. The number of nitrogens with zero attached hydrogens (tertiary/aromatic N) is 2. The molecule has 24 heavy (non-hydrogen) atoms. The van der Waals surface area contributed by atoms with Crippen LogP contribution in [0.15, 0.2) is 18.2 Å². The molecule has 3 aliphatic heterocycles. The van der Waals surface area contributed by atoms with E-state index in [-0.39, 0.29) is 5.91 Å². The lowest BCUT2D eigenvalue weighted by Gasteiger charge is -2.44. The van der Waals surface area contributed by atoms with Crippen LogP contribution in [0.3, 0.4) is 0 Å². The minimum Gasteiger partial charge on any atom is -0.351 e. The van der Waals surface area contributed by atoms with E-state index >= 15 is 0 Å². The lowest BCUT2D eigenvalue weighted by atomic mass is 9.84. The third-order valence-electron chi connectivity index (χ3n) is 5.95. The summed E-state index contributed by atoms with van der Waals surface area (Å²) < 4.78 is 5.79. The van der Waals surface area contributed by atoms with Crippen LogP contribution in [-0.4, -0.2) is 40.9 Å². The van der Waals surface area contributed by atoms with Crippen LogP contribution in [0.2, 0.25) is 0 Å². The molecule has 2 bridgehead atoms. The summed E-state index contributed by atoms with van der Waals surface area (Å²) in [5, 5.41) is 4.44. The monoisotopic (exact) mass is 341 g/mol. The van der Waals surface area contributed by atoms with Gasteiger partial charge in [0.1, 0.15) is 0 Å². The minimum atomic E-state index is 0.132. The minimum absolute atomic E-state index is 0.132. The second kappa shape index (κ2) is 5.81. The maximum absolute atomic E-state index is 12.5. The van der Waals surface area contributed by atoms with E-state index in [1.165, 1.54) is 60.6 Å². The van der Waals surface area contributed by atoms with E-state index in [0.29, 0.717) is 18.4 Å². The summed E-state index contributed by atoms with van der Waals surface area (Å²) in [5.41, 5.74) is 2.38. The molecule has 1 aromatic carbocycles. The molecule has 2 aromatic rings. The van der Waals surface area contributed by atoms with Gasteiger partial charge in [-0.05, 0) is 73.8 Å². The van der Waals surface area contributed by atoms with Crippen molar-refractivity contribution in [2.75, 3.05) is 19.6 Å². The molecule has 4 nitrogen and oxygen atoms in total. The Bertz CT molecular complexity index is 774. The fraction of sp³-hybridized carbons (Fsp3) is 0.579. The molecule has 4 fully saturated rings. The lowest BCUT2D eigenvalue weighted by molar-refractivity contribution is -0.122. The van der Waals surface area contributed by atoms with Crippen molar-refractivity contribution in [3.8, 4) is 0 Å². The van der Waals surface area contributed by atoms with Crippen LogP contribution < -0.4 is 5.32 Å². The van der Waals surface area contributed by atoms with E-state index in [4.69, 9.17) is 0 Å². The summed E-state index contributed by atoms with van der Waals surface area (Å²) >= 11 is 1.54. The quantitative estimate of drug-likeness (QED) is 0.930. The normalized spacial score (nSPS) is 29.1. The molecule has 1 aromatic heterocycles. The molecule has 1 N–H and O–H groups in total. The SMILES string of the molecule is O=C(Cc1nsc2cc(C3CC3)ccc12)N[C@H]1CN2CCC1CC2. The Kier molecular flexibility index (Phi) is 3.60. The Morgan fingerprint density at radius 1 is 1.25 bits per heavy atom. The van der Waals surface area contributed by atoms with Crippen LogP contribution in [0.25, 0.3) is 10.1 Å². The van der Waals surface area contributed by atoms with Crippen molar-refractivity contribution in [3.63, 3.8) is 0 Å². The number of nitrogens with one attached hydrogen (secondary N) is 1. The maximum Gasteiger partial charge on any atom is 0.226 e. The van der Waals surface area contributed by atoms with Crippen LogP contribution in [0.5, 0.6) is 0 Å². The van der Waals surface area contributed by atoms with E-state index in [1.54, 1.807) is 0 Å². The fourth-order valence-corrected chi connectivity index (χ4v) is 5.19. The van der Waals surface area contributed by atoms with Gasteiger partial charge in [0.05, 0.1) is 16.8 Å². The lowest BCUT2D eigenvalue weighted by Crippen LogP contribution is -2.57. The van der Waals surface area contributed by atoms with Gasteiger partial charge in [-0.1, -0.05) is 12.1 Å².